The van der Waals surface area contributed by atoms with Crippen molar-refractivity contribution in [3.05, 3.63) is 72.4 Å². The van der Waals surface area contributed by atoms with Gasteiger partial charge in [-0.05, 0) is 11.1 Å². The highest BCUT2D eigenvalue weighted by molar-refractivity contribution is 5.49. The molecule has 1 atom stereocenters. The van der Waals surface area contributed by atoms with E-state index in [-0.39, 0.29) is 0 Å². The van der Waals surface area contributed by atoms with Crippen molar-refractivity contribution in [1.29, 1.82) is 0 Å². The van der Waals surface area contributed by atoms with E-state index in [0.29, 0.717) is 5.92 Å². The minimum absolute atomic E-state index is 0.438. The van der Waals surface area contributed by atoms with Crippen molar-refractivity contribution in [1.82, 2.24) is 0 Å². The van der Waals surface area contributed by atoms with Crippen LogP contribution in [0.1, 0.15) is 13.8 Å². The van der Waals surface area contributed by atoms with Crippen LogP contribution in [0.25, 0.3) is 0 Å². The predicted molar refractivity (Wildman–Crippen MR) is 68.6 cm³/mol. The Morgan fingerprint density at radius 2 is 1.93 bits per heavy atom. The van der Waals surface area contributed by atoms with Crippen LogP contribution in [0.3, 0.4) is 0 Å². The second kappa shape index (κ2) is 6.02. The standard InChI is InChI=1S/C13H12.C2H6/c1-2-6-11-8-5-9-12-7-3-4-10-13(11)12;1-2/h2-10,13H,1H2;1-2H3/b11-6-;. The third-order valence-electron chi connectivity index (χ3n) is 2.31. The van der Waals surface area contributed by atoms with E-state index in [1.807, 2.05) is 19.9 Å². The van der Waals surface area contributed by atoms with E-state index in [9.17, 15) is 0 Å². The van der Waals surface area contributed by atoms with Crippen LogP contribution in [0.5, 0.6) is 0 Å². The highest BCUT2D eigenvalue weighted by atomic mass is 14.2. The third kappa shape index (κ3) is 2.69. The van der Waals surface area contributed by atoms with Crippen LogP contribution in [-0.2, 0) is 0 Å². The van der Waals surface area contributed by atoms with Gasteiger partial charge in [-0.15, -0.1) is 0 Å². The highest BCUT2D eigenvalue weighted by Gasteiger charge is 2.15. The van der Waals surface area contributed by atoms with Crippen molar-refractivity contribution in [2.75, 3.05) is 0 Å². The van der Waals surface area contributed by atoms with Gasteiger partial charge >= 0.3 is 0 Å². The molecule has 0 saturated heterocycles. The lowest BCUT2D eigenvalue weighted by Crippen LogP contribution is -2.06. The van der Waals surface area contributed by atoms with E-state index < -0.39 is 0 Å². The molecular formula is C15H18. The molecule has 0 heterocycles. The lowest BCUT2D eigenvalue weighted by Gasteiger charge is -2.20. The van der Waals surface area contributed by atoms with Crippen LogP contribution >= 0.6 is 0 Å². The summed E-state index contributed by atoms with van der Waals surface area (Å²) in [5, 5.41) is 0. The average molecular weight is 198 g/mol. The van der Waals surface area contributed by atoms with Gasteiger partial charge in [-0.3, -0.25) is 0 Å². The van der Waals surface area contributed by atoms with Crippen molar-refractivity contribution in [3.8, 4) is 0 Å². The van der Waals surface area contributed by atoms with Gasteiger partial charge in [0.1, 0.15) is 0 Å². The summed E-state index contributed by atoms with van der Waals surface area (Å²) in [6, 6.07) is 0. The Bertz CT molecular complexity index is 359. The first kappa shape index (κ1) is 11.5. The summed E-state index contributed by atoms with van der Waals surface area (Å²) in [5.74, 6) is 0.438. The molecule has 0 N–H and O–H groups in total. The average Bonchev–Trinajstić information content (AvgIpc) is 2.33. The molecule has 0 aromatic carbocycles. The quantitative estimate of drug-likeness (QED) is 0.587. The van der Waals surface area contributed by atoms with Gasteiger partial charge in [-0.25, -0.2) is 0 Å². The van der Waals surface area contributed by atoms with E-state index in [4.69, 9.17) is 0 Å². The molecule has 0 fully saturated rings. The first-order valence-corrected chi connectivity index (χ1v) is 5.47. The largest absolute Gasteiger partial charge is 0.0991 e. The maximum Gasteiger partial charge on any atom is 0.0272 e. The van der Waals surface area contributed by atoms with Crippen molar-refractivity contribution in [2.45, 2.75) is 13.8 Å². The predicted octanol–water partition coefficient (Wildman–Crippen LogP) is 4.36. The molecule has 0 saturated carbocycles. The van der Waals surface area contributed by atoms with Gasteiger partial charge in [0.2, 0.25) is 0 Å². The molecule has 0 radical (unpaired) electrons. The smallest absolute Gasteiger partial charge is 0.0272 e. The van der Waals surface area contributed by atoms with Gasteiger partial charge < -0.3 is 0 Å². The summed E-state index contributed by atoms with van der Waals surface area (Å²) in [7, 11) is 0. The fraction of sp³-hybridized carbons (Fsp3) is 0.200. The number of hydrogen-bond acceptors (Lipinski definition) is 0. The number of rotatable bonds is 1. The Balaban J connectivity index is 0.000000531. The molecule has 0 heteroatoms. The molecule has 1 unspecified atom stereocenters. The highest BCUT2D eigenvalue weighted by Crippen LogP contribution is 2.30. The van der Waals surface area contributed by atoms with Gasteiger partial charge in [-0.2, -0.15) is 0 Å². The molecule has 0 amide bonds. The van der Waals surface area contributed by atoms with Gasteiger partial charge in [0, 0.05) is 5.92 Å². The molecule has 0 aliphatic heterocycles. The summed E-state index contributed by atoms with van der Waals surface area (Å²) in [6.07, 6.45) is 18.8. The second-order valence-electron chi connectivity index (χ2n) is 3.15. The van der Waals surface area contributed by atoms with Crippen LogP contribution in [0.4, 0.5) is 0 Å². The Morgan fingerprint density at radius 3 is 2.67 bits per heavy atom. The van der Waals surface area contributed by atoms with Gasteiger partial charge in [0.25, 0.3) is 0 Å². The molecule has 15 heavy (non-hydrogen) atoms. The molecule has 2 aliphatic carbocycles. The molecule has 2 aliphatic rings. The first-order chi connectivity index (χ1) is 7.42. The summed E-state index contributed by atoms with van der Waals surface area (Å²) in [5.41, 5.74) is 2.67. The monoisotopic (exact) mass is 198 g/mol. The van der Waals surface area contributed by atoms with Crippen molar-refractivity contribution < 1.29 is 0 Å². The normalized spacial score (nSPS) is 24.0. The van der Waals surface area contributed by atoms with Gasteiger partial charge in [0.05, 0.1) is 0 Å². The van der Waals surface area contributed by atoms with Gasteiger partial charge in [0.15, 0.2) is 0 Å². The molecule has 0 aromatic heterocycles. The minimum Gasteiger partial charge on any atom is -0.0991 e. The maximum absolute atomic E-state index is 3.72. The van der Waals surface area contributed by atoms with Gasteiger partial charge in [-0.1, -0.05) is 75.1 Å². The maximum atomic E-state index is 3.72. The zero-order chi connectivity index (χ0) is 11.1. The van der Waals surface area contributed by atoms with Crippen LogP contribution in [0.15, 0.2) is 72.4 Å². The lowest BCUT2D eigenvalue weighted by molar-refractivity contribution is 0.932. The Labute approximate surface area is 92.7 Å². The molecule has 0 nitrogen and oxygen atoms in total. The summed E-state index contributed by atoms with van der Waals surface area (Å²) in [6.45, 7) is 7.72. The molecular weight excluding hydrogens is 180 g/mol. The third-order valence-corrected chi connectivity index (χ3v) is 2.31. The molecule has 2 rings (SSSR count). The summed E-state index contributed by atoms with van der Waals surface area (Å²) >= 11 is 0. The molecule has 78 valence electrons. The molecule has 0 aromatic rings. The fourth-order valence-electron chi connectivity index (χ4n) is 1.69. The van der Waals surface area contributed by atoms with E-state index in [1.54, 1.807) is 0 Å². The summed E-state index contributed by atoms with van der Waals surface area (Å²) < 4.78 is 0. The SMILES string of the molecule is C=C/C=C1/C=CC=C2C=CC=CC21.CC. The zero-order valence-corrected chi connectivity index (χ0v) is 9.48. The Morgan fingerprint density at radius 1 is 1.13 bits per heavy atom. The van der Waals surface area contributed by atoms with E-state index in [1.165, 1.54) is 11.1 Å². The topological polar surface area (TPSA) is 0 Å². The van der Waals surface area contributed by atoms with E-state index in [0.717, 1.165) is 0 Å². The van der Waals surface area contributed by atoms with Crippen LogP contribution in [0, 0.1) is 5.92 Å². The second-order valence-corrected chi connectivity index (χ2v) is 3.15. The Hall–Kier alpha value is -1.56. The number of fused-ring (bicyclic) bond motifs is 1. The minimum atomic E-state index is 0.438. The summed E-state index contributed by atoms with van der Waals surface area (Å²) in [4.78, 5) is 0. The van der Waals surface area contributed by atoms with E-state index in [2.05, 4.69) is 55.2 Å². The van der Waals surface area contributed by atoms with E-state index >= 15 is 0 Å². The van der Waals surface area contributed by atoms with Crippen molar-refractivity contribution in [3.63, 3.8) is 0 Å². The van der Waals surface area contributed by atoms with Crippen LogP contribution < -0.4 is 0 Å². The number of hydrogen-bond donors (Lipinski definition) is 0. The van der Waals surface area contributed by atoms with Crippen LogP contribution in [0.2, 0.25) is 0 Å². The zero-order valence-electron chi connectivity index (χ0n) is 9.48. The van der Waals surface area contributed by atoms with Crippen molar-refractivity contribution >= 4 is 0 Å². The fourth-order valence-corrected chi connectivity index (χ4v) is 1.69. The number of allylic oxidation sites excluding steroid dienone is 11. The van der Waals surface area contributed by atoms with Crippen molar-refractivity contribution in [2.24, 2.45) is 5.92 Å². The van der Waals surface area contributed by atoms with Crippen LogP contribution in [-0.4, -0.2) is 0 Å². The molecule has 0 bridgehead atoms. The Kier molecular flexibility index (Phi) is 4.62. The first-order valence-electron chi connectivity index (χ1n) is 5.47. The molecule has 0 spiro atoms. The lowest BCUT2D eigenvalue weighted by atomic mass is 9.84.